The molecule has 2 amide bonds. The topological polar surface area (TPSA) is 67.4 Å². The van der Waals surface area contributed by atoms with Crippen molar-refractivity contribution < 1.29 is 18.7 Å². The highest BCUT2D eigenvalue weighted by molar-refractivity contribution is 6.34. The molecule has 0 aliphatic carbocycles. The second-order valence-electron chi connectivity index (χ2n) is 6.39. The summed E-state index contributed by atoms with van der Waals surface area (Å²) >= 11 is 5.90. The Morgan fingerprint density at radius 3 is 2.80 bits per heavy atom. The second-order valence-corrected chi connectivity index (χ2v) is 6.80. The Morgan fingerprint density at radius 2 is 2.08 bits per heavy atom. The van der Waals surface area contributed by atoms with Crippen LogP contribution in [0.5, 0.6) is 5.75 Å². The molecule has 2 N–H and O–H groups in total. The summed E-state index contributed by atoms with van der Waals surface area (Å²) in [5.74, 6) is -1.09. The number of hydrogen-bond donors (Lipinski definition) is 2. The van der Waals surface area contributed by atoms with Crippen LogP contribution in [0, 0.1) is 11.2 Å². The maximum Gasteiger partial charge on any atom is 0.260 e. The molecule has 0 unspecified atom stereocenters. The Labute approximate surface area is 149 Å². The van der Waals surface area contributed by atoms with Crippen molar-refractivity contribution in [2.24, 2.45) is 5.41 Å². The van der Waals surface area contributed by atoms with Crippen LogP contribution in [0.2, 0.25) is 5.02 Å². The molecule has 1 aliphatic rings. The van der Waals surface area contributed by atoms with E-state index in [9.17, 15) is 14.0 Å². The number of ether oxygens (including phenoxy) is 1. The van der Waals surface area contributed by atoms with Crippen molar-refractivity contribution in [1.82, 2.24) is 0 Å². The number of rotatable bonds is 2. The van der Waals surface area contributed by atoms with Crippen LogP contribution in [-0.2, 0) is 4.79 Å². The number of benzene rings is 2. The van der Waals surface area contributed by atoms with E-state index in [0.29, 0.717) is 17.1 Å². The molecular weight excluding hydrogens is 347 g/mol. The second kappa shape index (κ2) is 6.37. The Kier molecular flexibility index (Phi) is 4.39. The van der Waals surface area contributed by atoms with Gasteiger partial charge in [0.2, 0.25) is 5.91 Å². The van der Waals surface area contributed by atoms with Gasteiger partial charge in [-0.2, -0.15) is 0 Å². The zero-order valence-electron chi connectivity index (χ0n) is 13.7. The van der Waals surface area contributed by atoms with Gasteiger partial charge < -0.3 is 15.4 Å². The monoisotopic (exact) mass is 362 g/mol. The molecule has 0 aromatic heterocycles. The Hall–Kier alpha value is -2.60. The van der Waals surface area contributed by atoms with Crippen molar-refractivity contribution >= 4 is 34.8 Å². The molecule has 1 heterocycles. The molecule has 0 saturated carbocycles. The summed E-state index contributed by atoms with van der Waals surface area (Å²) in [6.07, 6.45) is 0. The molecule has 5 nitrogen and oxygen atoms in total. The largest absolute Gasteiger partial charge is 0.490 e. The first kappa shape index (κ1) is 17.2. The third-order valence-corrected chi connectivity index (χ3v) is 4.20. The van der Waals surface area contributed by atoms with Crippen molar-refractivity contribution in [1.29, 1.82) is 0 Å². The third-order valence-electron chi connectivity index (χ3n) is 3.88. The Morgan fingerprint density at radius 1 is 1.32 bits per heavy atom. The first-order valence-electron chi connectivity index (χ1n) is 7.61. The summed E-state index contributed by atoms with van der Waals surface area (Å²) in [6.45, 7) is 3.75. The molecular formula is C18H16ClFN2O3. The van der Waals surface area contributed by atoms with Crippen LogP contribution in [0.3, 0.4) is 0 Å². The van der Waals surface area contributed by atoms with Crippen molar-refractivity contribution in [2.45, 2.75) is 13.8 Å². The number of hydrogen-bond acceptors (Lipinski definition) is 3. The lowest BCUT2D eigenvalue weighted by atomic mass is 9.94. The van der Waals surface area contributed by atoms with Crippen LogP contribution < -0.4 is 15.4 Å². The van der Waals surface area contributed by atoms with Crippen molar-refractivity contribution in [2.75, 3.05) is 17.2 Å². The van der Waals surface area contributed by atoms with E-state index in [1.54, 1.807) is 32.0 Å². The molecule has 2 aromatic rings. The van der Waals surface area contributed by atoms with Gasteiger partial charge in [-0.3, -0.25) is 9.59 Å². The van der Waals surface area contributed by atoms with E-state index < -0.39 is 17.1 Å². The smallest absolute Gasteiger partial charge is 0.260 e. The van der Waals surface area contributed by atoms with Crippen molar-refractivity contribution in [3.63, 3.8) is 0 Å². The molecule has 25 heavy (non-hydrogen) atoms. The van der Waals surface area contributed by atoms with Gasteiger partial charge in [-0.15, -0.1) is 0 Å². The number of amides is 2. The molecule has 0 fully saturated rings. The highest BCUT2D eigenvalue weighted by Gasteiger charge is 2.32. The number of carbonyl (C=O) groups excluding carboxylic acids is 2. The molecule has 0 spiro atoms. The van der Waals surface area contributed by atoms with Crippen LogP contribution in [0.25, 0.3) is 0 Å². The Balaban J connectivity index is 1.85. The fraction of sp³-hybridized carbons (Fsp3) is 0.222. The number of fused-ring (bicyclic) bond motifs is 1. The number of carbonyl (C=O) groups is 2. The van der Waals surface area contributed by atoms with Crippen LogP contribution in [0.4, 0.5) is 15.8 Å². The average molecular weight is 363 g/mol. The minimum Gasteiger partial charge on any atom is -0.490 e. The maximum absolute atomic E-state index is 13.8. The number of anilines is 2. The standard InChI is InChI=1S/C18H16ClFN2O3/c1-18(2)9-25-14-8-10(6-7-13(14)22-17(18)24)21-16(23)15-11(19)4-3-5-12(15)20/h3-8H,9H2,1-2H3,(H,21,23)(H,22,24). The molecule has 0 saturated heterocycles. The predicted octanol–water partition coefficient (Wildman–Crippen LogP) is 4.09. The van der Waals surface area contributed by atoms with Gasteiger partial charge in [0.25, 0.3) is 5.91 Å². The van der Waals surface area contributed by atoms with E-state index in [2.05, 4.69) is 10.6 Å². The van der Waals surface area contributed by atoms with Crippen LogP contribution in [0.15, 0.2) is 36.4 Å². The zero-order chi connectivity index (χ0) is 18.2. The minimum atomic E-state index is -0.704. The van der Waals surface area contributed by atoms with Gasteiger partial charge in [-0.25, -0.2) is 4.39 Å². The van der Waals surface area contributed by atoms with E-state index in [1.807, 2.05) is 0 Å². The predicted molar refractivity (Wildman–Crippen MR) is 93.7 cm³/mol. The first-order chi connectivity index (χ1) is 11.8. The van der Waals surface area contributed by atoms with E-state index in [1.165, 1.54) is 18.2 Å². The molecule has 1 aliphatic heterocycles. The van der Waals surface area contributed by atoms with E-state index >= 15 is 0 Å². The highest BCUT2D eigenvalue weighted by Crippen LogP contribution is 2.34. The lowest BCUT2D eigenvalue weighted by Gasteiger charge is -2.18. The van der Waals surface area contributed by atoms with E-state index in [4.69, 9.17) is 16.3 Å². The molecule has 3 rings (SSSR count). The van der Waals surface area contributed by atoms with Gasteiger partial charge in [-0.1, -0.05) is 17.7 Å². The number of nitrogens with one attached hydrogen (secondary N) is 2. The molecule has 130 valence electrons. The summed E-state index contributed by atoms with van der Waals surface area (Å²) in [5, 5.41) is 5.40. The van der Waals surface area contributed by atoms with Gasteiger partial charge in [0.1, 0.15) is 18.2 Å². The SMILES string of the molecule is CC1(C)COc2cc(NC(=O)c3c(F)cccc3Cl)ccc2NC1=O. The molecule has 2 aromatic carbocycles. The van der Waals surface area contributed by atoms with Gasteiger partial charge in [0.15, 0.2) is 0 Å². The summed E-state index contributed by atoms with van der Waals surface area (Å²) < 4.78 is 19.5. The third kappa shape index (κ3) is 3.44. The lowest BCUT2D eigenvalue weighted by Crippen LogP contribution is -2.33. The van der Waals surface area contributed by atoms with Crippen molar-refractivity contribution in [3.05, 3.63) is 52.8 Å². The van der Waals surface area contributed by atoms with Crippen LogP contribution in [0.1, 0.15) is 24.2 Å². The van der Waals surface area contributed by atoms with Crippen molar-refractivity contribution in [3.8, 4) is 5.75 Å². The molecule has 7 heteroatoms. The zero-order valence-corrected chi connectivity index (χ0v) is 14.4. The summed E-state index contributed by atoms with van der Waals surface area (Å²) in [6, 6.07) is 8.81. The summed E-state index contributed by atoms with van der Waals surface area (Å²) in [5.41, 5.74) is 0.00679. The van der Waals surface area contributed by atoms with Crippen LogP contribution >= 0.6 is 11.6 Å². The van der Waals surface area contributed by atoms with Crippen LogP contribution in [-0.4, -0.2) is 18.4 Å². The molecule has 0 bridgehead atoms. The number of halogens is 2. The van der Waals surface area contributed by atoms with Gasteiger partial charge in [0, 0.05) is 11.8 Å². The van der Waals surface area contributed by atoms with Gasteiger partial charge in [-0.05, 0) is 38.1 Å². The summed E-state index contributed by atoms with van der Waals surface area (Å²) in [4.78, 5) is 24.4. The first-order valence-corrected chi connectivity index (χ1v) is 7.99. The average Bonchev–Trinajstić information content (AvgIpc) is 2.64. The fourth-order valence-electron chi connectivity index (χ4n) is 2.35. The quantitative estimate of drug-likeness (QED) is 0.845. The molecule has 0 atom stereocenters. The van der Waals surface area contributed by atoms with E-state index in [0.717, 1.165) is 0 Å². The minimum absolute atomic E-state index is 0.0255. The normalized spacial score (nSPS) is 15.4. The van der Waals surface area contributed by atoms with Gasteiger partial charge >= 0.3 is 0 Å². The Bertz CT molecular complexity index is 847. The summed E-state index contributed by atoms with van der Waals surface area (Å²) in [7, 11) is 0. The van der Waals surface area contributed by atoms with E-state index in [-0.39, 0.29) is 23.1 Å². The fourth-order valence-corrected chi connectivity index (χ4v) is 2.60. The van der Waals surface area contributed by atoms with Gasteiger partial charge in [0.05, 0.1) is 21.7 Å². The molecule has 0 radical (unpaired) electrons. The lowest BCUT2D eigenvalue weighted by molar-refractivity contribution is -0.124. The highest BCUT2D eigenvalue weighted by atomic mass is 35.5. The maximum atomic E-state index is 13.8.